The van der Waals surface area contributed by atoms with Gasteiger partial charge in [0, 0.05) is 24.2 Å². The molecular weight excluding hydrogens is 356 g/mol. The van der Waals surface area contributed by atoms with Crippen LogP contribution in [0.15, 0.2) is 99.9 Å². The van der Waals surface area contributed by atoms with E-state index >= 15 is 0 Å². The van der Waals surface area contributed by atoms with Gasteiger partial charge in [-0.2, -0.15) is 0 Å². The smallest absolute Gasteiger partial charge is 0.112 e. The van der Waals surface area contributed by atoms with E-state index in [1.807, 2.05) is 60.7 Å². The van der Waals surface area contributed by atoms with E-state index in [2.05, 4.69) is 29.6 Å². The molecule has 1 aliphatic carbocycles. The first-order valence-electron chi connectivity index (χ1n) is 10.1. The molecule has 1 aliphatic heterocycles. The Labute approximate surface area is 170 Å². The Bertz CT molecular complexity index is 1020. The molecule has 3 aromatic rings. The average molecular weight is 378 g/mol. The molecule has 2 aliphatic rings. The first kappa shape index (κ1) is 17.6. The SMILES string of the molecule is c1ccc(N=C2c3ccccc3C(=Nc3ccccc3)C2C2=NCCCN2)cc1. The van der Waals surface area contributed by atoms with Crippen molar-refractivity contribution in [3.63, 3.8) is 0 Å². The molecule has 0 radical (unpaired) electrons. The van der Waals surface area contributed by atoms with Crippen LogP contribution in [0.4, 0.5) is 11.4 Å². The van der Waals surface area contributed by atoms with Crippen molar-refractivity contribution in [2.24, 2.45) is 20.9 Å². The third-order valence-corrected chi connectivity index (χ3v) is 5.23. The summed E-state index contributed by atoms with van der Waals surface area (Å²) in [5.41, 5.74) is 6.17. The first-order chi connectivity index (χ1) is 14.4. The molecule has 0 saturated heterocycles. The van der Waals surface area contributed by atoms with Crippen molar-refractivity contribution in [3.8, 4) is 0 Å². The van der Waals surface area contributed by atoms with Crippen LogP contribution in [0.2, 0.25) is 0 Å². The molecule has 5 rings (SSSR count). The van der Waals surface area contributed by atoms with Gasteiger partial charge in [-0.05, 0) is 30.7 Å². The van der Waals surface area contributed by atoms with Gasteiger partial charge < -0.3 is 5.32 Å². The maximum Gasteiger partial charge on any atom is 0.112 e. The fraction of sp³-hybridized carbons (Fsp3) is 0.160. The van der Waals surface area contributed by atoms with Crippen molar-refractivity contribution in [1.82, 2.24) is 5.32 Å². The summed E-state index contributed by atoms with van der Waals surface area (Å²) in [6.45, 7) is 1.77. The zero-order valence-corrected chi connectivity index (χ0v) is 16.1. The van der Waals surface area contributed by atoms with Gasteiger partial charge in [0.15, 0.2) is 0 Å². The second-order valence-corrected chi connectivity index (χ2v) is 7.19. The third kappa shape index (κ3) is 3.49. The molecule has 142 valence electrons. The number of nitrogens with zero attached hydrogens (tertiary/aromatic N) is 3. The van der Waals surface area contributed by atoms with Crippen molar-refractivity contribution in [2.75, 3.05) is 13.1 Å². The van der Waals surface area contributed by atoms with E-state index < -0.39 is 0 Å². The van der Waals surface area contributed by atoms with E-state index in [9.17, 15) is 0 Å². The summed E-state index contributed by atoms with van der Waals surface area (Å²) in [5.74, 6) is 0.880. The zero-order chi connectivity index (χ0) is 19.5. The van der Waals surface area contributed by atoms with Gasteiger partial charge in [0.05, 0.1) is 22.8 Å². The highest BCUT2D eigenvalue weighted by Gasteiger charge is 2.38. The lowest BCUT2D eigenvalue weighted by Crippen LogP contribution is -2.40. The molecule has 4 heteroatoms. The molecule has 0 unspecified atom stereocenters. The van der Waals surface area contributed by atoms with Gasteiger partial charge in [-0.1, -0.05) is 60.7 Å². The number of hydrogen-bond acceptors (Lipinski definition) is 4. The molecule has 1 heterocycles. The van der Waals surface area contributed by atoms with Crippen LogP contribution >= 0.6 is 0 Å². The molecular formula is C25H22N4. The molecule has 0 atom stereocenters. The Morgan fingerprint density at radius 2 is 1.21 bits per heavy atom. The number of hydrogen-bond donors (Lipinski definition) is 1. The maximum atomic E-state index is 5.06. The maximum absolute atomic E-state index is 5.06. The van der Waals surface area contributed by atoms with Crippen LogP contribution < -0.4 is 5.32 Å². The van der Waals surface area contributed by atoms with E-state index in [4.69, 9.17) is 15.0 Å². The topological polar surface area (TPSA) is 49.1 Å². The van der Waals surface area contributed by atoms with Gasteiger partial charge in [0.2, 0.25) is 0 Å². The Kier molecular flexibility index (Phi) is 4.75. The standard InChI is InChI=1S/C25H22N4/c1-3-10-18(11-4-1)28-23-20-14-7-8-15-21(20)24(29-19-12-5-2-6-13-19)22(23)25-26-16-9-17-27-25/h1-8,10-15,22H,9,16-17H2,(H,26,27). The highest BCUT2D eigenvalue weighted by Crippen LogP contribution is 2.33. The fourth-order valence-electron chi connectivity index (χ4n) is 3.91. The number of fused-ring (bicyclic) bond motifs is 1. The average Bonchev–Trinajstić information content (AvgIpc) is 3.09. The van der Waals surface area contributed by atoms with Gasteiger partial charge in [-0.3, -0.25) is 15.0 Å². The minimum Gasteiger partial charge on any atom is -0.373 e. The lowest BCUT2D eigenvalue weighted by Gasteiger charge is -2.21. The second-order valence-electron chi connectivity index (χ2n) is 7.19. The van der Waals surface area contributed by atoms with Crippen LogP contribution in [-0.4, -0.2) is 30.3 Å². The fourth-order valence-corrected chi connectivity index (χ4v) is 3.91. The summed E-state index contributed by atoms with van der Waals surface area (Å²) >= 11 is 0. The van der Waals surface area contributed by atoms with Crippen molar-refractivity contribution in [3.05, 3.63) is 96.1 Å². The van der Waals surface area contributed by atoms with Gasteiger partial charge in [0.1, 0.15) is 11.8 Å². The van der Waals surface area contributed by atoms with Crippen LogP contribution in [0.1, 0.15) is 17.5 Å². The van der Waals surface area contributed by atoms with Gasteiger partial charge in [-0.25, -0.2) is 0 Å². The van der Waals surface area contributed by atoms with Crippen LogP contribution in [-0.2, 0) is 0 Å². The summed E-state index contributed by atoms with van der Waals surface area (Å²) in [7, 11) is 0. The molecule has 0 aromatic heterocycles. The number of nitrogens with one attached hydrogen (secondary N) is 1. The molecule has 4 nitrogen and oxygen atoms in total. The van der Waals surface area contributed by atoms with E-state index in [1.54, 1.807) is 0 Å². The minimum absolute atomic E-state index is 0.0897. The van der Waals surface area contributed by atoms with Crippen LogP contribution in [0.25, 0.3) is 0 Å². The zero-order valence-electron chi connectivity index (χ0n) is 16.1. The minimum atomic E-state index is -0.0897. The summed E-state index contributed by atoms with van der Waals surface area (Å²) in [6.07, 6.45) is 1.06. The molecule has 1 N–H and O–H groups in total. The van der Waals surface area contributed by atoms with Gasteiger partial charge >= 0.3 is 0 Å². The Balaban J connectivity index is 1.72. The Morgan fingerprint density at radius 3 is 1.69 bits per heavy atom. The number of amidine groups is 1. The Morgan fingerprint density at radius 1 is 0.690 bits per heavy atom. The lowest BCUT2D eigenvalue weighted by atomic mass is 9.99. The largest absolute Gasteiger partial charge is 0.373 e. The first-order valence-corrected chi connectivity index (χ1v) is 10.1. The van der Waals surface area contributed by atoms with Gasteiger partial charge in [0.25, 0.3) is 0 Å². The van der Waals surface area contributed by atoms with Crippen molar-refractivity contribution < 1.29 is 0 Å². The number of para-hydroxylation sites is 2. The molecule has 0 bridgehead atoms. The van der Waals surface area contributed by atoms with Gasteiger partial charge in [-0.15, -0.1) is 0 Å². The monoisotopic (exact) mass is 378 g/mol. The van der Waals surface area contributed by atoms with E-state index in [0.29, 0.717) is 0 Å². The van der Waals surface area contributed by atoms with Crippen molar-refractivity contribution in [1.29, 1.82) is 0 Å². The molecule has 29 heavy (non-hydrogen) atoms. The predicted octanol–water partition coefficient (Wildman–Crippen LogP) is 4.95. The van der Waals surface area contributed by atoms with E-state index in [-0.39, 0.29) is 5.92 Å². The number of aliphatic imine (C=N–C) groups is 3. The third-order valence-electron chi connectivity index (χ3n) is 5.23. The summed E-state index contributed by atoms with van der Waals surface area (Å²) in [6, 6.07) is 28.7. The highest BCUT2D eigenvalue weighted by molar-refractivity contribution is 6.39. The van der Waals surface area contributed by atoms with Crippen molar-refractivity contribution in [2.45, 2.75) is 6.42 Å². The summed E-state index contributed by atoms with van der Waals surface area (Å²) in [5, 5.41) is 3.52. The van der Waals surface area contributed by atoms with Crippen LogP contribution in [0, 0.1) is 5.92 Å². The predicted molar refractivity (Wildman–Crippen MR) is 120 cm³/mol. The molecule has 0 fully saturated rings. The lowest BCUT2D eigenvalue weighted by molar-refractivity contribution is 0.727. The van der Waals surface area contributed by atoms with Crippen LogP contribution in [0.5, 0.6) is 0 Å². The second kappa shape index (κ2) is 7.84. The summed E-state index contributed by atoms with van der Waals surface area (Å²) in [4.78, 5) is 14.9. The Hall–Kier alpha value is -3.53. The molecule has 0 saturated carbocycles. The van der Waals surface area contributed by atoms with E-state index in [0.717, 1.165) is 59.3 Å². The normalized spacial score (nSPS) is 21.0. The molecule has 3 aromatic carbocycles. The van der Waals surface area contributed by atoms with Crippen LogP contribution in [0.3, 0.4) is 0 Å². The molecule has 0 spiro atoms. The van der Waals surface area contributed by atoms with Crippen molar-refractivity contribution >= 4 is 28.6 Å². The quantitative estimate of drug-likeness (QED) is 0.689. The summed E-state index contributed by atoms with van der Waals surface area (Å²) < 4.78 is 0. The number of benzene rings is 3. The molecule has 0 amide bonds. The highest BCUT2D eigenvalue weighted by atomic mass is 15.0. The number of rotatable bonds is 3. The van der Waals surface area contributed by atoms with E-state index in [1.165, 1.54) is 0 Å².